The van der Waals surface area contributed by atoms with Crippen molar-refractivity contribution >= 4 is 39.0 Å². The van der Waals surface area contributed by atoms with Gasteiger partial charge in [0.15, 0.2) is 11.6 Å². The fourth-order valence-corrected chi connectivity index (χ4v) is 5.51. The summed E-state index contributed by atoms with van der Waals surface area (Å²) in [6.07, 6.45) is 0.475. The fourth-order valence-electron chi connectivity index (χ4n) is 3.68. The van der Waals surface area contributed by atoms with Gasteiger partial charge in [-0.2, -0.15) is 0 Å². The van der Waals surface area contributed by atoms with Crippen molar-refractivity contribution in [1.29, 1.82) is 0 Å². The van der Waals surface area contributed by atoms with E-state index in [-0.39, 0.29) is 30.1 Å². The van der Waals surface area contributed by atoms with Crippen molar-refractivity contribution in [3.05, 3.63) is 94.2 Å². The lowest BCUT2D eigenvalue weighted by atomic mass is 10.1. The van der Waals surface area contributed by atoms with E-state index in [9.17, 15) is 13.2 Å². The molecular weight excluding hydrogens is 521 g/mol. The Bertz CT molecular complexity index is 1440. The van der Waals surface area contributed by atoms with Gasteiger partial charge in [-0.1, -0.05) is 78.7 Å². The highest BCUT2D eigenvalue weighted by Crippen LogP contribution is 2.26. The second kappa shape index (κ2) is 11.3. The maximum absolute atomic E-state index is 13.0. The molecular formula is C25H23Cl2N5O3S. The first-order valence-corrected chi connectivity index (χ1v) is 13.4. The molecule has 0 bridgehead atoms. The molecule has 0 radical (unpaired) electrons. The highest BCUT2D eigenvalue weighted by Gasteiger charge is 2.26. The van der Waals surface area contributed by atoms with E-state index in [1.54, 1.807) is 37.3 Å². The summed E-state index contributed by atoms with van der Waals surface area (Å²) >= 11 is 12.5. The molecule has 1 unspecified atom stereocenters. The van der Waals surface area contributed by atoms with Gasteiger partial charge < -0.3 is 0 Å². The number of carbonyl (C=O) groups excluding carboxylic acids is 1. The summed E-state index contributed by atoms with van der Waals surface area (Å²) in [5.41, 5.74) is 2.50. The summed E-state index contributed by atoms with van der Waals surface area (Å²) in [6.45, 7) is 1.52. The van der Waals surface area contributed by atoms with Crippen LogP contribution < -0.4 is 4.72 Å². The van der Waals surface area contributed by atoms with E-state index >= 15 is 0 Å². The van der Waals surface area contributed by atoms with E-state index in [0.29, 0.717) is 21.4 Å². The highest BCUT2D eigenvalue weighted by atomic mass is 35.5. The molecule has 11 heteroatoms. The van der Waals surface area contributed by atoms with Crippen LogP contribution in [-0.4, -0.2) is 40.5 Å². The molecule has 0 spiro atoms. The Morgan fingerprint density at radius 3 is 2.22 bits per heavy atom. The number of carbonyl (C=O) groups is 1. The molecule has 0 saturated heterocycles. The Hall–Kier alpha value is -3.11. The molecule has 0 fully saturated rings. The van der Waals surface area contributed by atoms with Crippen molar-refractivity contribution in [2.45, 2.75) is 37.2 Å². The average molecular weight is 544 g/mol. The number of aromatic nitrogens is 4. The minimum absolute atomic E-state index is 0.0740. The number of nitrogens with zero attached hydrogens (tertiary/aromatic N) is 4. The number of benzene rings is 3. The van der Waals surface area contributed by atoms with Crippen LogP contribution in [0.1, 0.15) is 24.7 Å². The first-order chi connectivity index (χ1) is 17.3. The van der Waals surface area contributed by atoms with Gasteiger partial charge in [0, 0.05) is 16.5 Å². The molecule has 0 amide bonds. The second-order valence-electron chi connectivity index (χ2n) is 8.07. The Kier molecular flexibility index (Phi) is 8.15. The predicted molar refractivity (Wildman–Crippen MR) is 138 cm³/mol. The Morgan fingerprint density at radius 1 is 0.944 bits per heavy atom. The van der Waals surface area contributed by atoms with Crippen molar-refractivity contribution < 1.29 is 13.2 Å². The van der Waals surface area contributed by atoms with Crippen LogP contribution in [0.5, 0.6) is 0 Å². The summed E-state index contributed by atoms with van der Waals surface area (Å²) in [7, 11) is -3.93. The second-order valence-corrected chi connectivity index (χ2v) is 10.6. The first-order valence-electron chi connectivity index (χ1n) is 11.2. The summed E-state index contributed by atoms with van der Waals surface area (Å²) in [5, 5.41) is 12.4. The molecule has 0 aliphatic heterocycles. The zero-order chi connectivity index (χ0) is 25.7. The van der Waals surface area contributed by atoms with E-state index in [1.165, 1.54) is 16.8 Å². The van der Waals surface area contributed by atoms with E-state index in [4.69, 9.17) is 23.2 Å². The Morgan fingerprint density at radius 2 is 1.58 bits per heavy atom. The molecule has 186 valence electrons. The summed E-state index contributed by atoms with van der Waals surface area (Å²) < 4.78 is 29.8. The molecule has 4 aromatic rings. The molecule has 4 rings (SSSR count). The molecule has 8 nitrogen and oxygen atoms in total. The van der Waals surface area contributed by atoms with E-state index in [0.717, 1.165) is 11.1 Å². The maximum atomic E-state index is 13.0. The van der Waals surface area contributed by atoms with Crippen molar-refractivity contribution in [3.8, 4) is 11.1 Å². The molecule has 0 aliphatic rings. The van der Waals surface area contributed by atoms with Crippen LogP contribution in [0.3, 0.4) is 0 Å². The van der Waals surface area contributed by atoms with E-state index in [2.05, 4.69) is 20.2 Å². The van der Waals surface area contributed by atoms with Gasteiger partial charge in [-0.05, 0) is 57.8 Å². The van der Waals surface area contributed by atoms with E-state index < -0.39 is 16.1 Å². The van der Waals surface area contributed by atoms with Crippen LogP contribution in [0, 0.1) is 0 Å². The first kappa shape index (κ1) is 26.0. The minimum atomic E-state index is -3.93. The molecule has 1 atom stereocenters. The fraction of sp³-hybridized carbons (Fsp3) is 0.200. The monoisotopic (exact) mass is 543 g/mol. The van der Waals surface area contributed by atoms with Crippen molar-refractivity contribution in [1.82, 2.24) is 24.9 Å². The zero-order valence-electron chi connectivity index (χ0n) is 19.3. The molecule has 36 heavy (non-hydrogen) atoms. The number of Topliss-reactive ketones (excluding diaryl/α,β-unsaturated/α-hetero) is 1. The quantitative estimate of drug-likeness (QED) is 0.314. The largest absolute Gasteiger partial charge is 0.296 e. The Labute approximate surface area is 219 Å². The number of halogens is 2. The van der Waals surface area contributed by atoms with Gasteiger partial charge in [-0.3, -0.25) is 4.79 Å². The van der Waals surface area contributed by atoms with Crippen LogP contribution in [0.4, 0.5) is 0 Å². The molecule has 1 heterocycles. The third-order valence-electron chi connectivity index (χ3n) is 5.67. The van der Waals surface area contributed by atoms with Gasteiger partial charge in [0.1, 0.15) is 6.54 Å². The predicted octanol–water partition coefficient (Wildman–Crippen LogP) is 4.56. The number of tetrazole rings is 1. The number of nitrogens with one attached hydrogen (secondary N) is 1. The van der Waals surface area contributed by atoms with Crippen LogP contribution >= 0.6 is 23.2 Å². The van der Waals surface area contributed by atoms with Gasteiger partial charge in [0.2, 0.25) is 10.0 Å². The van der Waals surface area contributed by atoms with Gasteiger partial charge in [-0.25, -0.2) is 17.8 Å². The number of hydrogen-bond acceptors (Lipinski definition) is 6. The maximum Gasteiger partial charge on any atom is 0.241 e. The SMILES string of the molecule is CCC(NS(=O)(=O)c1ccc(-c2ccccc2)cc1)C(=O)Cn1nnnc1Cc1c(Cl)cccc1Cl. The van der Waals surface area contributed by atoms with Crippen LogP contribution in [-0.2, 0) is 27.8 Å². The lowest BCUT2D eigenvalue weighted by Gasteiger charge is -2.17. The Balaban J connectivity index is 1.46. The number of rotatable bonds is 10. The van der Waals surface area contributed by atoms with E-state index in [1.807, 2.05) is 30.3 Å². The lowest BCUT2D eigenvalue weighted by molar-refractivity contribution is -0.121. The smallest absolute Gasteiger partial charge is 0.241 e. The zero-order valence-corrected chi connectivity index (χ0v) is 21.6. The van der Waals surface area contributed by atoms with Gasteiger partial charge in [0.05, 0.1) is 10.9 Å². The lowest BCUT2D eigenvalue weighted by Crippen LogP contribution is -2.42. The van der Waals surface area contributed by atoms with Crippen molar-refractivity contribution in [2.75, 3.05) is 0 Å². The molecule has 3 aromatic carbocycles. The summed E-state index contributed by atoms with van der Waals surface area (Å²) in [6, 6.07) is 20.3. The third-order valence-corrected chi connectivity index (χ3v) is 7.87. The average Bonchev–Trinajstić information content (AvgIpc) is 3.32. The summed E-state index contributed by atoms with van der Waals surface area (Å²) in [4.78, 5) is 13.1. The highest BCUT2D eigenvalue weighted by molar-refractivity contribution is 7.89. The van der Waals surface area contributed by atoms with Gasteiger partial charge in [-0.15, -0.1) is 5.10 Å². The van der Waals surface area contributed by atoms with Gasteiger partial charge >= 0.3 is 0 Å². The van der Waals surface area contributed by atoms with Crippen LogP contribution in [0.25, 0.3) is 11.1 Å². The van der Waals surface area contributed by atoms with Crippen molar-refractivity contribution in [2.24, 2.45) is 0 Å². The number of ketones is 1. The standard InChI is InChI=1S/C25H23Cl2N5O3S/c1-2-23(29-36(34,35)19-13-11-18(12-14-19)17-7-4-3-5-8-17)24(33)16-32-25(28-30-31-32)15-20-21(26)9-6-10-22(20)27/h3-14,23,29H,2,15-16H2,1H3. The molecule has 1 aromatic heterocycles. The van der Waals surface area contributed by atoms with Gasteiger partial charge in [0.25, 0.3) is 0 Å². The molecule has 0 aliphatic carbocycles. The van der Waals surface area contributed by atoms with Crippen LogP contribution in [0.15, 0.2) is 77.7 Å². The third kappa shape index (κ3) is 5.99. The van der Waals surface area contributed by atoms with Crippen molar-refractivity contribution in [3.63, 3.8) is 0 Å². The normalized spacial score (nSPS) is 12.4. The minimum Gasteiger partial charge on any atom is -0.296 e. The number of hydrogen-bond donors (Lipinski definition) is 1. The topological polar surface area (TPSA) is 107 Å². The van der Waals surface area contributed by atoms with Crippen LogP contribution in [0.2, 0.25) is 10.0 Å². The molecule has 1 N–H and O–H groups in total. The molecule has 0 saturated carbocycles. The summed E-state index contributed by atoms with van der Waals surface area (Å²) in [5.74, 6) is 0.00773. The number of sulfonamides is 1.